The van der Waals surface area contributed by atoms with E-state index in [0.717, 1.165) is 5.56 Å². The van der Waals surface area contributed by atoms with Gasteiger partial charge in [-0.05, 0) is 79.7 Å². The van der Waals surface area contributed by atoms with E-state index in [0.29, 0.717) is 10.7 Å². The third-order valence-electron chi connectivity index (χ3n) is 5.31. The van der Waals surface area contributed by atoms with E-state index < -0.39 is 26.0 Å². The van der Waals surface area contributed by atoms with Crippen molar-refractivity contribution in [3.8, 4) is 0 Å². The molecule has 0 aliphatic rings. The molecule has 0 aromatic heterocycles. The van der Waals surface area contributed by atoms with Crippen molar-refractivity contribution in [3.63, 3.8) is 0 Å². The van der Waals surface area contributed by atoms with Gasteiger partial charge in [0.2, 0.25) is 0 Å². The van der Waals surface area contributed by atoms with Gasteiger partial charge in [-0.2, -0.15) is 0 Å². The Labute approximate surface area is 230 Å². The monoisotopic (exact) mass is 589 g/mol. The maximum Gasteiger partial charge on any atom is 0.261 e. The summed E-state index contributed by atoms with van der Waals surface area (Å²) in [6, 6.07) is 22.3. The molecule has 0 fully saturated rings. The van der Waals surface area contributed by atoms with E-state index in [1.165, 1.54) is 72.8 Å². The molecule has 3 N–H and O–H groups in total. The first-order valence-electron chi connectivity index (χ1n) is 11.0. The van der Waals surface area contributed by atoms with Crippen LogP contribution in [0.4, 0.5) is 17.1 Å². The Morgan fingerprint density at radius 2 is 1.29 bits per heavy atom. The van der Waals surface area contributed by atoms with Gasteiger partial charge in [-0.1, -0.05) is 47.0 Å². The van der Waals surface area contributed by atoms with Crippen LogP contribution in [0.3, 0.4) is 0 Å². The Morgan fingerprint density at radius 1 is 0.684 bits per heavy atom. The van der Waals surface area contributed by atoms with Crippen LogP contribution in [-0.4, -0.2) is 22.7 Å². The molecule has 12 heteroatoms. The summed E-state index contributed by atoms with van der Waals surface area (Å²) in [4.78, 5) is 12.8. The number of hydrogen-bond donors (Lipinski definition) is 3. The molecule has 4 aromatic rings. The highest BCUT2D eigenvalue weighted by Gasteiger charge is 2.17. The number of sulfonamides is 2. The number of hydrogen-bond acceptors (Lipinski definition) is 5. The fourth-order valence-electron chi connectivity index (χ4n) is 3.35. The average molecular weight is 591 g/mol. The Kier molecular flexibility index (Phi) is 7.98. The van der Waals surface area contributed by atoms with Gasteiger partial charge in [0.05, 0.1) is 20.5 Å². The molecule has 38 heavy (non-hydrogen) atoms. The zero-order valence-corrected chi connectivity index (χ0v) is 22.9. The summed E-state index contributed by atoms with van der Waals surface area (Å²) < 4.78 is 55.6. The molecule has 4 rings (SSSR count). The van der Waals surface area contributed by atoms with E-state index in [-0.39, 0.29) is 31.8 Å². The molecule has 4 aromatic carbocycles. The van der Waals surface area contributed by atoms with Gasteiger partial charge in [-0.15, -0.1) is 0 Å². The molecule has 0 atom stereocenters. The maximum atomic E-state index is 12.8. The van der Waals surface area contributed by atoms with Gasteiger partial charge in [0.1, 0.15) is 0 Å². The van der Waals surface area contributed by atoms with Crippen LogP contribution in [0.15, 0.2) is 101 Å². The van der Waals surface area contributed by atoms with Crippen molar-refractivity contribution < 1.29 is 21.6 Å². The first-order valence-corrected chi connectivity index (χ1v) is 14.7. The van der Waals surface area contributed by atoms with Gasteiger partial charge in [0, 0.05) is 22.0 Å². The number of carbonyl (C=O) groups is 1. The smallest absolute Gasteiger partial charge is 0.261 e. The Morgan fingerprint density at radius 3 is 1.92 bits per heavy atom. The number of rotatable bonds is 8. The fourth-order valence-corrected chi connectivity index (χ4v) is 5.99. The summed E-state index contributed by atoms with van der Waals surface area (Å²) >= 11 is 11.9. The van der Waals surface area contributed by atoms with Gasteiger partial charge in [0.25, 0.3) is 26.0 Å². The molecule has 0 unspecified atom stereocenters. The quantitative estimate of drug-likeness (QED) is 0.227. The summed E-state index contributed by atoms with van der Waals surface area (Å²) in [6.45, 7) is 1.85. The van der Waals surface area contributed by atoms with Crippen molar-refractivity contribution in [2.75, 3.05) is 14.8 Å². The SMILES string of the molecule is Cc1ccc(S(=O)(=O)Nc2cccc(C(=O)Nc3ccc(S(=O)(=O)Nc4ccc(Cl)cc4Cl)cc3)c2)cc1. The topological polar surface area (TPSA) is 121 Å². The van der Waals surface area contributed by atoms with Crippen molar-refractivity contribution in [1.82, 2.24) is 0 Å². The lowest BCUT2D eigenvalue weighted by molar-refractivity contribution is 0.102. The van der Waals surface area contributed by atoms with E-state index in [9.17, 15) is 21.6 Å². The highest BCUT2D eigenvalue weighted by atomic mass is 35.5. The largest absolute Gasteiger partial charge is 0.322 e. The van der Waals surface area contributed by atoms with Crippen LogP contribution < -0.4 is 14.8 Å². The first kappa shape index (κ1) is 27.5. The summed E-state index contributed by atoms with van der Waals surface area (Å²) in [7, 11) is -7.79. The summed E-state index contributed by atoms with van der Waals surface area (Å²) in [6.07, 6.45) is 0. The molecular weight excluding hydrogens is 569 g/mol. The van der Waals surface area contributed by atoms with Crippen LogP contribution in [0, 0.1) is 6.92 Å². The standard InChI is InChI=1S/C26H21Cl2N3O5S2/c1-17-5-10-22(11-6-17)37(33,34)30-21-4-2-3-18(15-21)26(32)29-20-8-12-23(13-9-20)38(35,36)31-25-14-7-19(27)16-24(25)28/h2-16,30-31H,1H3,(H,29,32). The van der Waals surface area contributed by atoms with Crippen molar-refractivity contribution in [2.24, 2.45) is 0 Å². The summed E-state index contributed by atoms with van der Waals surface area (Å²) in [5.41, 5.74) is 1.85. The molecule has 1 amide bonds. The number of anilines is 3. The van der Waals surface area contributed by atoms with Gasteiger partial charge < -0.3 is 5.32 Å². The van der Waals surface area contributed by atoms with Crippen LogP contribution >= 0.6 is 23.2 Å². The lowest BCUT2D eigenvalue weighted by Gasteiger charge is -2.12. The molecule has 8 nitrogen and oxygen atoms in total. The van der Waals surface area contributed by atoms with Gasteiger partial charge in [-0.3, -0.25) is 14.2 Å². The van der Waals surface area contributed by atoms with Crippen LogP contribution in [-0.2, 0) is 20.0 Å². The molecule has 0 radical (unpaired) electrons. The first-order chi connectivity index (χ1) is 17.9. The van der Waals surface area contributed by atoms with Gasteiger partial charge in [0.15, 0.2) is 0 Å². The fraction of sp³-hybridized carbons (Fsp3) is 0.0385. The molecule has 0 aliphatic carbocycles. The molecule has 0 spiro atoms. The Bertz CT molecular complexity index is 1710. The lowest BCUT2D eigenvalue weighted by Crippen LogP contribution is -2.15. The van der Waals surface area contributed by atoms with Crippen molar-refractivity contribution >= 4 is 66.2 Å². The number of halogens is 2. The third-order valence-corrected chi connectivity index (χ3v) is 8.63. The van der Waals surface area contributed by atoms with Crippen LogP contribution in [0.2, 0.25) is 10.0 Å². The molecular formula is C26H21Cl2N3O5S2. The number of benzene rings is 4. The predicted octanol–water partition coefficient (Wildman–Crippen LogP) is 6.16. The molecule has 0 bridgehead atoms. The van der Waals surface area contributed by atoms with Crippen molar-refractivity contribution in [1.29, 1.82) is 0 Å². The number of aryl methyl sites for hydroxylation is 1. The minimum atomic E-state index is -3.95. The van der Waals surface area contributed by atoms with E-state index >= 15 is 0 Å². The highest BCUT2D eigenvalue weighted by molar-refractivity contribution is 7.93. The minimum absolute atomic E-state index is 0.0472. The number of amides is 1. The van der Waals surface area contributed by atoms with E-state index in [4.69, 9.17) is 23.2 Å². The molecule has 0 heterocycles. The molecule has 0 aliphatic heterocycles. The van der Waals surface area contributed by atoms with Crippen molar-refractivity contribution in [2.45, 2.75) is 16.7 Å². The van der Waals surface area contributed by atoms with Gasteiger partial charge >= 0.3 is 0 Å². The van der Waals surface area contributed by atoms with Crippen LogP contribution in [0.5, 0.6) is 0 Å². The van der Waals surface area contributed by atoms with Crippen molar-refractivity contribution in [3.05, 3.63) is 112 Å². The number of nitrogens with one attached hydrogen (secondary N) is 3. The van der Waals surface area contributed by atoms with E-state index in [1.807, 2.05) is 6.92 Å². The highest BCUT2D eigenvalue weighted by Crippen LogP contribution is 2.28. The maximum absolute atomic E-state index is 12.8. The third kappa shape index (κ3) is 6.65. The normalized spacial score (nSPS) is 11.6. The zero-order chi connectivity index (χ0) is 27.5. The Hall–Kier alpha value is -3.57. The zero-order valence-electron chi connectivity index (χ0n) is 19.8. The second-order valence-corrected chi connectivity index (χ2v) is 12.4. The molecule has 196 valence electrons. The molecule has 0 saturated carbocycles. The van der Waals surface area contributed by atoms with E-state index in [2.05, 4.69) is 14.8 Å². The minimum Gasteiger partial charge on any atom is -0.322 e. The summed E-state index contributed by atoms with van der Waals surface area (Å²) in [5, 5.41) is 3.18. The Balaban J connectivity index is 1.45. The lowest BCUT2D eigenvalue weighted by atomic mass is 10.2. The van der Waals surface area contributed by atoms with Gasteiger partial charge in [-0.25, -0.2) is 16.8 Å². The van der Waals surface area contributed by atoms with Crippen LogP contribution in [0.1, 0.15) is 15.9 Å². The molecule has 0 saturated heterocycles. The predicted molar refractivity (Wildman–Crippen MR) is 150 cm³/mol. The second-order valence-electron chi connectivity index (χ2n) is 8.21. The average Bonchev–Trinajstić information content (AvgIpc) is 2.86. The second kappa shape index (κ2) is 11.0. The summed E-state index contributed by atoms with van der Waals surface area (Å²) in [5.74, 6) is -0.511. The van der Waals surface area contributed by atoms with E-state index in [1.54, 1.807) is 18.2 Å². The number of carbonyl (C=O) groups excluding carboxylic acids is 1. The van der Waals surface area contributed by atoms with Crippen LogP contribution in [0.25, 0.3) is 0 Å².